The summed E-state index contributed by atoms with van der Waals surface area (Å²) < 4.78 is 5.02. The van der Waals surface area contributed by atoms with Gasteiger partial charge in [0, 0.05) is 19.3 Å². The number of hydrogen-bond donors (Lipinski definition) is 1. The van der Waals surface area contributed by atoms with Gasteiger partial charge in [0.25, 0.3) is 5.91 Å². The van der Waals surface area contributed by atoms with Crippen LogP contribution in [0.1, 0.15) is 6.92 Å². The largest absolute Gasteiger partial charge is 0.508 e. The van der Waals surface area contributed by atoms with Gasteiger partial charge in [0.05, 0.1) is 0 Å². The maximum atomic E-state index is 11.5. The molecule has 0 radical (unpaired) electrons. The van der Waals surface area contributed by atoms with Crippen molar-refractivity contribution < 1.29 is 14.6 Å². The van der Waals surface area contributed by atoms with Crippen molar-refractivity contribution in [3.05, 3.63) is 24.3 Å². The van der Waals surface area contributed by atoms with Gasteiger partial charge in [-0.2, -0.15) is 0 Å². The molecule has 1 N–H and O–H groups in total. The van der Waals surface area contributed by atoms with Gasteiger partial charge in [-0.15, -0.1) is 0 Å². The lowest BCUT2D eigenvalue weighted by molar-refractivity contribution is -0.122. The first-order valence-electron chi connectivity index (χ1n) is 4.78. The third-order valence-electron chi connectivity index (χ3n) is 2.04. The average Bonchev–Trinajstić information content (AvgIpc) is 2.26. The molecule has 4 nitrogen and oxygen atoms in total. The van der Waals surface area contributed by atoms with Gasteiger partial charge in [-0.25, -0.2) is 0 Å². The van der Waals surface area contributed by atoms with Crippen LogP contribution in [0.5, 0.6) is 5.75 Å². The molecule has 0 aliphatic rings. The van der Waals surface area contributed by atoms with E-state index in [0.29, 0.717) is 6.61 Å². The number of benzene rings is 1. The van der Waals surface area contributed by atoms with Crippen LogP contribution in [0.2, 0.25) is 0 Å². The summed E-state index contributed by atoms with van der Waals surface area (Å²) in [5.74, 6) is 0.0759. The zero-order valence-corrected chi connectivity index (χ0v) is 8.93. The first kappa shape index (κ1) is 11.5. The molecule has 0 bridgehead atoms. The summed E-state index contributed by atoms with van der Waals surface area (Å²) in [6.07, 6.45) is 0. The van der Waals surface area contributed by atoms with Crippen molar-refractivity contribution in [1.29, 1.82) is 0 Å². The SMILES string of the molecule is CCOCC(=O)N(C)c1ccc(O)cc1. The van der Waals surface area contributed by atoms with E-state index in [1.54, 1.807) is 31.3 Å². The molecule has 0 heterocycles. The highest BCUT2D eigenvalue weighted by molar-refractivity contribution is 5.93. The Morgan fingerprint density at radius 2 is 2.00 bits per heavy atom. The number of amides is 1. The molecule has 1 amide bonds. The summed E-state index contributed by atoms with van der Waals surface area (Å²) in [5.41, 5.74) is 0.734. The van der Waals surface area contributed by atoms with Crippen molar-refractivity contribution in [3.8, 4) is 5.75 Å². The second-order valence-corrected chi connectivity index (χ2v) is 3.11. The number of ether oxygens (including phenoxy) is 1. The number of rotatable bonds is 4. The minimum Gasteiger partial charge on any atom is -0.508 e. The smallest absolute Gasteiger partial charge is 0.252 e. The van der Waals surface area contributed by atoms with Crippen molar-refractivity contribution in [2.75, 3.05) is 25.2 Å². The Bertz CT molecular complexity index is 321. The van der Waals surface area contributed by atoms with Crippen LogP contribution in [0.3, 0.4) is 0 Å². The Balaban J connectivity index is 2.63. The fraction of sp³-hybridized carbons (Fsp3) is 0.364. The van der Waals surface area contributed by atoms with Gasteiger partial charge in [0.2, 0.25) is 0 Å². The van der Waals surface area contributed by atoms with Gasteiger partial charge >= 0.3 is 0 Å². The highest BCUT2D eigenvalue weighted by atomic mass is 16.5. The lowest BCUT2D eigenvalue weighted by Gasteiger charge is -2.16. The van der Waals surface area contributed by atoms with Crippen LogP contribution in [0.4, 0.5) is 5.69 Å². The van der Waals surface area contributed by atoms with Gasteiger partial charge in [0.1, 0.15) is 12.4 Å². The standard InChI is InChI=1S/C11H15NO3/c1-3-15-8-11(14)12(2)9-4-6-10(13)7-5-9/h4-7,13H,3,8H2,1-2H3. The molecule has 1 aromatic carbocycles. The van der Waals surface area contributed by atoms with E-state index in [1.165, 1.54) is 4.90 Å². The number of hydrogen-bond acceptors (Lipinski definition) is 3. The van der Waals surface area contributed by atoms with Crippen LogP contribution in [0, 0.1) is 0 Å². The summed E-state index contributed by atoms with van der Waals surface area (Å²) >= 11 is 0. The Kier molecular flexibility index (Phi) is 4.12. The van der Waals surface area contributed by atoms with E-state index in [9.17, 15) is 4.79 Å². The number of likely N-dealkylation sites (N-methyl/N-ethyl adjacent to an activating group) is 1. The summed E-state index contributed by atoms with van der Waals surface area (Å²) in [6.45, 7) is 2.44. The first-order chi connectivity index (χ1) is 7.15. The molecule has 15 heavy (non-hydrogen) atoms. The molecule has 4 heteroatoms. The van der Waals surface area contributed by atoms with Crippen LogP contribution in [0.25, 0.3) is 0 Å². The molecule has 0 aliphatic heterocycles. The number of nitrogens with zero attached hydrogens (tertiary/aromatic N) is 1. The van der Waals surface area contributed by atoms with E-state index in [0.717, 1.165) is 5.69 Å². The highest BCUT2D eigenvalue weighted by Crippen LogP contribution is 2.17. The van der Waals surface area contributed by atoms with E-state index in [-0.39, 0.29) is 18.3 Å². The molecule has 0 saturated carbocycles. The fourth-order valence-electron chi connectivity index (χ4n) is 1.11. The van der Waals surface area contributed by atoms with Gasteiger partial charge in [-0.05, 0) is 31.2 Å². The Morgan fingerprint density at radius 1 is 1.40 bits per heavy atom. The number of phenols is 1. The van der Waals surface area contributed by atoms with Crippen LogP contribution in [0.15, 0.2) is 24.3 Å². The van der Waals surface area contributed by atoms with Gasteiger partial charge in [0.15, 0.2) is 0 Å². The first-order valence-corrected chi connectivity index (χ1v) is 4.78. The van der Waals surface area contributed by atoms with E-state index in [2.05, 4.69) is 0 Å². The zero-order valence-electron chi connectivity index (χ0n) is 8.93. The van der Waals surface area contributed by atoms with Crippen LogP contribution < -0.4 is 4.90 Å². The van der Waals surface area contributed by atoms with Crippen molar-refractivity contribution in [2.45, 2.75) is 6.92 Å². The summed E-state index contributed by atoms with van der Waals surface area (Å²) in [6, 6.07) is 6.44. The lowest BCUT2D eigenvalue weighted by atomic mass is 10.3. The Morgan fingerprint density at radius 3 is 2.53 bits per heavy atom. The molecule has 0 saturated heterocycles. The van der Waals surface area contributed by atoms with Gasteiger partial charge in [-0.3, -0.25) is 4.79 Å². The Hall–Kier alpha value is -1.55. The second kappa shape index (κ2) is 5.36. The second-order valence-electron chi connectivity index (χ2n) is 3.11. The number of aromatic hydroxyl groups is 1. The highest BCUT2D eigenvalue weighted by Gasteiger charge is 2.10. The summed E-state index contributed by atoms with van der Waals surface area (Å²) in [4.78, 5) is 13.0. The molecule has 0 aromatic heterocycles. The van der Waals surface area contributed by atoms with E-state index < -0.39 is 0 Å². The zero-order chi connectivity index (χ0) is 11.3. The predicted molar refractivity (Wildman–Crippen MR) is 58.0 cm³/mol. The lowest BCUT2D eigenvalue weighted by Crippen LogP contribution is -2.30. The number of carbonyl (C=O) groups is 1. The molecule has 0 unspecified atom stereocenters. The topological polar surface area (TPSA) is 49.8 Å². The molecule has 0 aliphatic carbocycles. The quantitative estimate of drug-likeness (QED) is 0.815. The number of carbonyl (C=O) groups excluding carboxylic acids is 1. The van der Waals surface area contributed by atoms with E-state index in [1.807, 2.05) is 6.92 Å². The molecule has 0 spiro atoms. The Labute approximate surface area is 89.1 Å². The molecule has 0 atom stereocenters. The molecule has 1 aromatic rings. The minimum absolute atomic E-state index is 0.0773. The normalized spacial score (nSPS) is 10.0. The molecule has 82 valence electrons. The number of phenolic OH excluding ortho intramolecular Hbond substituents is 1. The molecular formula is C11H15NO3. The molecular weight excluding hydrogens is 194 g/mol. The molecule has 1 rings (SSSR count). The number of anilines is 1. The van der Waals surface area contributed by atoms with Crippen molar-refractivity contribution in [1.82, 2.24) is 0 Å². The van der Waals surface area contributed by atoms with Crippen LogP contribution in [-0.2, 0) is 9.53 Å². The van der Waals surface area contributed by atoms with Crippen LogP contribution >= 0.6 is 0 Å². The van der Waals surface area contributed by atoms with Crippen molar-refractivity contribution in [2.24, 2.45) is 0 Å². The minimum atomic E-state index is -0.109. The molecule has 0 fully saturated rings. The van der Waals surface area contributed by atoms with Gasteiger partial charge < -0.3 is 14.7 Å². The summed E-state index contributed by atoms with van der Waals surface area (Å²) in [5, 5.41) is 9.09. The maximum absolute atomic E-state index is 11.5. The third-order valence-corrected chi connectivity index (χ3v) is 2.04. The van der Waals surface area contributed by atoms with E-state index >= 15 is 0 Å². The maximum Gasteiger partial charge on any atom is 0.252 e. The van der Waals surface area contributed by atoms with Crippen molar-refractivity contribution >= 4 is 11.6 Å². The van der Waals surface area contributed by atoms with Gasteiger partial charge in [-0.1, -0.05) is 0 Å². The monoisotopic (exact) mass is 209 g/mol. The third kappa shape index (κ3) is 3.25. The average molecular weight is 209 g/mol. The van der Waals surface area contributed by atoms with E-state index in [4.69, 9.17) is 9.84 Å². The van der Waals surface area contributed by atoms with Crippen LogP contribution in [-0.4, -0.2) is 31.3 Å². The summed E-state index contributed by atoms with van der Waals surface area (Å²) in [7, 11) is 1.67. The predicted octanol–water partition coefficient (Wildman–Crippen LogP) is 1.39. The van der Waals surface area contributed by atoms with Crippen molar-refractivity contribution in [3.63, 3.8) is 0 Å². The fourth-order valence-corrected chi connectivity index (χ4v) is 1.11.